The van der Waals surface area contributed by atoms with Crippen molar-refractivity contribution < 1.29 is 14.4 Å². The lowest BCUT2D eigenvalue weighted by Crippen LogP contribution is -2.28. The number of fused-ring (bicyclic) bond motifs is 1. The molecule has 1 aromatic rings. The van der Waals surface area contributed by atoms with E-state index in [9.17, 15) is 14.4 Å². The molecule has 6 heteroatoms. The van der Waals surface area contributed by atoms with Crippen LogP contribution >= 0.6 is 23.6 Å². The van der Waals surface area contributed by atoms with Gasteiger partial charge < -0.3 is 5.32 Å². The maximum absolute atomic E-state index is 13.2. The lowest BCUT2D eigenvalue weighted by atomic mass is 9.82. The number of thiophene rings is 1. The van der Waals surface area contributed by atoms with E-state index in [0.29, 0.717) is 30.5 Å². The molecule has 31 heavy (non-hydrogen) atoms. The topological polar surface area (TPSA) is 63.2 Å². The van der Waals surface area contributed by atoms with Crippen LogP contribution in [0, 0.1) is 23.7 Å². The SMILES string of the molecule is CC(C)C(=O)CC(=S)C[C@H]1CCc2sc(CC(=O)C3CC3)c(C(=O)NCC3CC3)c2C1. The molecule has 0 unspecified atom stereocenters. The Bertz CT molecular complexity index is 893. The van der Waals surface area contributed by atoms with Gasteiger partial charge in [-0.15, -0.1) is 11.3 Å². The van der Waals surface area contributed by atoms with Gasteiger partial charge in [-0.05, 0) is 68.8 Å². The van der Waals surface area contributed by atoms with Gasteiger partial charge in [-0.3, -0.25) is 14.4 Å². The molecule has 2 fully saturated rings. The average molecular weight is 460 g/mol. The van der Waals surface area contributed by atoms with Crippen molar-refractivity contribution in [2.24, 2.45) is 23.7 Å². The van der Waals surface area contributed by atoms with Crippen LogP contribution in [-0.4, -0.2) is 28.9 Å². The van der Waals surface area contributed by atoms with Gasteiger partial charge in [0.2, 0.25) is 0 Å². The van der Waals surface area contributed by atoms with Gasteiger partial charge in [-0.25, -0.2) is 0 Å². The molecular formula is C25H33NO3S2. The molecule has 0 bridgehead atoms. The van der Waals surface area contributed by atoms with Crippen LogP contribution < -0.4 is 5.32 Å². The summed E-state index contributed by atoms with van der Waals surface area (Å²) in [4.78, 5) is 40.8. The van der Waals surface area contributed by atoms with Gasteiger partial charge in [-0.2, -0.15) is 0 Å². The van der Waals surface area contributed by atoms with Crippen molar-refractivity contribution >= 4 is 45.9 Å². The molecule has 0 spiro atoms. The maximum Gasteiger partial charge on any atom is 0.252 e. The standard InChI is InChI=1S/C25H33NO3S2/c1-14(2)20(27)11-18(30)9-16-5-8-22-19(10-16)24(25(29)26-13-15-3-4-15)23(31-22)12-21(28)17-6-7-17/h14-17H,3-13H2,1-2H3,(H,26,29)/t16-/m1/s1. The molecule has 3 aliphatic carbocycles. The number of aryl methyl sites for hydroxylation is 1. The van der Waals surface area contributed by atoms with Crippen LogP contribution in [0.5, 0.6) is 0 Å². The molecule has 168 valence electrons. The second-order valence-electron chi connectivity index (χ2n) is 10.0. The van der Waals surface area contributed by atoms with E-state index >= 15 is 0 Å². The molecule has 0 saturated heterocycles. The van der Waals surface area contributed by atoms with E-state index < -0.39 is 0 Å². The Morgan fingerprint density at radius 2 is 1.84 bits per heavy atom. The first-order valence-electron chi connectivity index (χ1n) is 11.8. The average Bonchev–Trinajstić information content (AvgIpc) is 3.62. The van der Waals surface area contributed by atoms with E-state index in [-0.39, 0.29) is 23.5 Å². The Morgan fingerprint density at radius 1 is 1.10 bits per heavy atom. The monoisotopic (exact) mass is 459 g/mol. The summed E-state index contributed by atoms with van der Waals surface area (Å²) in [5.74, 6) is 1.72. The van der Waals surface area contributed by atoms with E-state index in [1.807, 2.05) is 13.8 Å². The molecule has 4 nitrogen and oxygen atoms in total. The summed E-state index contributed by atoms with van der Waals surface area (Å²) in [5.41, 5.74) is 1.93. The van der Waals surface area contributed by atoms with Crippen molar-refractivity contribution in [1.82, 2.24) is 5.32 Å². The minimum absolute atomic E-state index is 0.00112. The van der Waals surface area contributed by atoms with E-state index in [4.69, 9.17) is 12.2 Å². The Kier molecular flexibility index (Phi) is 7.07. The number of hydrogen-bond acceptors (Lipinski definition) is 5. The Balaban J connectivity index is 1.48. The first-order valence-corrected chi connectivity index (χ1v) is 13.0. The van der Waals surface area contributed by atoms with Crippen molar-refractivity contribution in [3.63, 3.8) is 0 Å². The summed E-state index contributed by atoms with van der Waals surface area (Å²) in [6.07, 6.45) is 8.75. The van der Waals surface area contributed by atoms with Crippen molar-refractivity contribution in [2.75, 3.05) is 6.54 Å². The largest absolute Gasteiger partial charge is 0.352 e. The number of nitrogens with one attached hydrogen (secondary N) is 1. The molecule has 0 aromatic carbocycles. The molecular weight excluding hydrogens is 426 g/mol. The zero-order valence-corrected chi connectivity index (χ0v) is 20.3. The first kappa shape index (κ1) is 22.8. The third kappa shape index (κ3) is 5.89. The number of hydrogen-bond donors (Lipinski definition) is 1. The summed E-state index contributed by atoms with van der Waals surface area (Å²) >= 11 is 7.23. The molecule has 1 aromatic heterocycles. The highest BCUT2D eigenvalue weighted by Gasteiger charge is 2.34. The fourth-order valence-corrected chi connectivity index (χ4v) is 6.16. The van der Waals surface area contributed by atoms with Crippen molar-refractivity contribution in [3.8, 4) is 0 Å². The van der Waals surface area contributed by atoms with Gasteiger partial charge in [0.1, 0.15) is 11.6 Å². The van der Waals surface area contributed by atoms with Crippen molar-refractivity contribution in [1.29, 1.82) is 0 Å². The zero-order valence-electron chi connectivity index (χ0n) is 18.6. The van der Waals surface area contributed by atoms with Crippen LogP contribution in [0.3, 0.4) is 0 Å². The van der Waals surface area contributed by atoms with E-state index in [0.717, 1.165) is 65.9 Å². The molecule has 0 aliphatic heterocycles. The van der Waals surface area contributed by atoms with Crippen LogP contribution in [0.15, 0.2) is 0 Å². The Hall–Kier alpha value is -1.40. The van der Waals surface area contributed by atoms with Gasteiger partial charge in [0.05, 0.1) is 5.56 Å². The maximum atomic E-state index is 13.2. The number of ketones is 2. The van der Waals surface area contributed by atoms with Gasteiger partial charge in [0.15, 0.2) is 0 Å². The number of carbonyl (C=O) groups is 3. The van der Waals surface area contributed by atoms with E-state index in [1.165, 1.54) is 17.7 Å². The zero-order chi connectivity index (χ0) is 22.1. The quantitative estimate of drug-likeness (QED) is 0.479. The third-order valence-electron chi connectivity index (χ3n) is 6.81. The Labute approximate surface area is 194 Å². The molecule has 1 heterocycles. The number of carbonyl (C=O) groups excluding carboxylic acids is 3. The van der Waals surface area contributed by atoms with Gasteiger partial charge in [0.25, 0.3) is 5.91 Å². The van der Waals surface area contributed by atoms with E-state index in [1.54, 1.807) is 11.3 Å². The molecule has 1 amide bonds. The number of amides is 1. The fourth-order valence-electron chi connectivity index (χ4n) is 4.42. The third-order valence-corrected chi connectivity index (χ3v) is 8.41. The second-order valence-corrected chi connectivity index (χ2v) is 11.8. The van der Waals surface area contributed by atoms with Gasteiger partial charge in [-0.1, -0.05) is 26.1 Å². The van der Waals surface area contributed by atoms with Gasteiger partial charge in [0, 0.05) is 45.8 Å². The fraction of sp³-hybridized carbons (Fsp3) is 0.680. The van der Waals surface area contributed by atoms with E-state index in [2.05, 4.69) is 5.32 Å². The highest BCUT2D eigenvalue weighted by atomic mass is 32.1. The molecule has 0 radical (unpaired) electrons. The molecule has 4 rings (SSSR count). The van der Waals surface area contributed by atoms with Crippen LogP contribution in [0.4, 0.5) is 0 Å². The number of thiocarbonyl (C=S) groups is 1. The first-order chi connectivity index (χ1) is 14.8. The predicted octanol–water partition coefficient (Wildman–Crippen LogP) is 4.89. The normalized spacial score (nSPS) is 20.4. The second kappa shape index (κ2) is 9.62. The smallest absolute Gasteiger partial charge is 0.252 e. The molecule has 1 atom stereocenters. The highest BCUT2D eigenvalue weighted by Crippen LogP contribution is 2.40. The molecule has 1 N–H and O–H groups in total. The molecule has 3 aliphatic rings. The van der Waals surface area contributed by atoms with Crippen LogP contribution in [-0.2, 0) is 28.9 Å². The van der Waals surface area contributed by atoms with Gasteiger partial charge >= 0.3 is 0 Å². The summed E-state index contributed by atoms with van der Waals surface area (Å²) in [6, 6.07) is 0. The summed E-state index contributed by atoms with van der Waals surface area (Å²) in [6.45, 7) is 4.57. The Morgan fingerprint density at radius 3 is 2.48 bits per heavy atom. The lowest BCUT2D eigenvalue weighted by molar-refractivity contribution is -0.121. The van der Waals surface area contributed by atoms with Crippen LogP contribution in [0.25, 0.3) is 0 Å². The minimum Gasteiger partial charge on any atom is -0.352 e. The summed E-state index contributed by atoms with van der Waals surface area (Å²) in [7, 11) is 0. The summed E-state index contributed by atoms with van der Waals surface area (Å²) < 4.78 is 0. The number of rotatable bonds is 11. The summed E-state index contributed by atoms with van der Waals surface area (Å²) in [5, 5.41) is 3.14. The predicted molar refractivity (Wildman–Crippen MR) is 128 cm³/mol. The molecule has 2 saturated carbocycles. The minimum atomic E-state index is 0.00112. The van der Waals surface area contributed by atoms with Crippen molar-refractivity contribution in [3.05, 3.63) is 20.9 Å². The number of Topliss-reactive ketones (excluding diaryl/α,β-unsaturated/α-hetero) is 2. The van der Waals surface area contributed by atoms with Crippen LogP contribution in [0.2, 0.25) is 0 Å². The van der Waals surface area contributed by atoms with Crippen molar-refractivity contribution in [2.45, 2.75) is 78.1 Å². The lowest BCUT2D eigenvalue weighted by Gasteiger charge is -2.23. The highest BCUT2D eigenvalue weighted by molar-refractivity contribution is 7.80. The van der Waals surface area contributed by atoms with Crippen LogP contribution in [0.1, 0.15) is 84.5 Å².